The maximum Gasteiger partial charge on any atom is 0.342 e. The zero-order valence-electron chi connectivity index (χ0n) is 16.6. The second-order valence-corrected chi connectivity index (χ2v) is 8.16. The van der Waals surface area contributed by atoms with Crippen molar-refractivity contribution in [3.8, 4) is 11.1 Å². The van der Waals surface area contributed by atoms with Crippen LogP contribution in [0.25, 0.3) is 11.1 Å². The molecule has 0 spiro atoms. The van der Waals surface area contributed by atoms with Gasteiger partial charge in [-0.2, -0.15) is 0 Å². The average molecular weight is 460 g/mol. The van der Waals surface area contributed by atoms with Crippen molar-refractivity contribution in [2.24, 2.45) is 7.05 Å². The normalized spacial score (nSPS) is 15.9. The highest BCUT2D eigenvalue weighted by atomic mass is 79.9. The van der Waals surface area contributed by atoms with Crippen LogP contribution in [0.2, 0.25) is 0 Å². The van der Waals surface area contributed by atoms with Crippen molar-refractivity contribution < 1.29 is 19.1 Å². The third-order valence-corrected chi connectivity index (χ3v) is 5.94. The number of rotatable bonds is 3. The van der Waals surface area contributed by atoms with Crippen LogP contribution < -0.4 is 10.2 Å². The third kappa shape index (κ3) is 3.02. The topological polar surface area (TPSA) is 80.6 Å². The van der Waals surface area contributed by atoms with E-state index in [1.807, 2.05) is 0 Å². The lowest BCUT2D eigenvalue weighted by Crippen LogP contribution is -2.44. The van der Waals surface area contributed by atoms with Crippen molar-refractivity contribution in [3.05, 3.63) is 39.0 Å². The van der Waals surface area contributed by atoms with Crippen LogP contribution in [-0.4, -0.2) is 54.9 Å². The minimum Gasteiger partial charge on any atom is -0.462 e. The van der Waals surface area contributed by atoms with Crippen LogP contribution in [0.1, 0.15) is 43.7 Å². The van der Waals surface area contributed by atoms with Gasteiger partial charge >= 0.3 is 5.97 Å². The molecule has 0 amide bonds. The van der Waals surface area contributed by atoms with Gasteiger partial charge in [0.15, 0.2) is 0 Å². The first-order valence-electron chi connectivity index (χ1n) is 9.61. The summed E-state index contributed by atoms with van der Waals surface area (Å²) in [6.45, 7) is 6.69. The minimum absolute atomic E-state index is 0.223. The first-order chi connectivity index (χ1) is 13.9. The molecule has 29 heavy (non-hydrogen) atoms. The number of anilines is 1. The van der Waals surface area contributed by atoms with E-state index in [-0.39, 0.29) is 12.3 Å². The van der Waals surface area contributed by atoms with Crippen molar-refractivity contribution in [2.45, 2.75) is 13.8 Å². The van der Waals surface area contributed by atoms with Gasteiger partial charge in [-0.3, -0.25) is 9.59 Å². The number of benzene rings is 1. The number of ether oxygens (including phenoxy) is 1. The number of fused-ring (bicyclic) bond motifs is 3. The predicted molar refractivity (Wildman–Crippen MR) is 113 cm³/mol. The van der Waals surface area contributed by atoms with Gasteiger partial charge in [0.25, 0.3) is 5.78 Å². The zero-order chi connectivity index (χ0) is 20.9. The Hall–Kier alpha value is -2.45. The van der Waals surface area contributed by atoms with Gasteiger partial charge in [-0.25, -0.2) is 4.79 Å². The fourth-order valence-corrected chi connectivity index (χ4v) is 4.88. The summed E-state index contributed by atoms with van der Waals surface area (Å²) in [5.41, 5.74) is 2.73. The summed E-state index contributed by atoms with van der Waals surface area (Å²) in [6, 6.07) is 3.61. The molecule has 152 valence electrons. The Morgan fingerprint density at radius 2 is 1.86 bits per heavy atom. The SMILES string of the molecule is CCOC(=O)c1c2c(n(C)c1N1CCNCC1)C(=O)C(=O)c1c(C)cc(Br)cc1-2. The lowest BCUT2D eigenvalue weighted by Gasteiger charge is -2.30. The number of esters is 1. The molecular formula is C21H22BrN3O4. The van der Waals surface area contributed by atoms with Crippen molar-refractivity contribution >= 4 is 39.3 Å². The van der Waals surface area contributed by atoms with Gasteiger partial charge in [0, 0.05) is 48.8 Å². The molecule has 1 saturated heterocycles. The Balaban J connectivity index is 2.08. The molecule has 1 fully saturated rings. The molecule has 1 N–H and O–H groups in total. The van der Waals surface area contributed by atoms with Gasteiger partial charge in [0.05, 0.1) is 6.61 Å². The summed E-state index contributed by atoms with van der Waals surface area (Å²) in [6.07, 6.45) is 0. The summed E-state index contributed by atoms with van der Waals surface area (Å²) >= 11 is 3.48. The molecular weight excluding hydrogens is 438 g/mol. The molecule has 1 aromatic heterocycles. The second-order valence-electron chi connectivity index (χ2n) is 7.24. The number of ketones is 2. The van der Waals surface area contributed by atoms with Gasteiger partial charge < -0.3 is 19.5 Å². The minimum atomic E-state index is -0.590. The van der Waals surface area contributed by atoms with Gasteiger partial charge in [-0.1, -0.05) is 15.9 Å². The van der Waals surface area contributed by atoms with Crippen LogP contribution in [0.4, 0.5) is 5.82 Å². The first kappa shape index (κ1) is 19.8. The lowest BCUT2D eigenvalue weighted by atomic mass is 9.83. The number of carbonyl (C=O) groups is 3. The van der Waals surface area contributed by atoms with Crippen LogP contribution in [0.5, 0.6) is 0 Å². The maximum atomic E-state index is 13.1. The molecule has 7 nitrogen and oxygen atoms in total. The maximum absolute atomic E-state index is 13.1. The molecule has 4 rings (SSSR count). The number of nitrogens with one attached hydrogen (secondary N) is 1. The van der Waals surface area contributed by atoms with Crippen LogP contribution in [0.3, 0.4) is 0 Å². The first-order valence-corrected chi connectivity index (χ1v) is 10.4. The molecule has 0 saturated carbocycles. The zero-order valence-corrected chi connectivity index (χ0v) is 18.2. The van der Waals surface area contributed by atoms with Gasteiger partial charge in [-0.05, 0) is 37.1 Å². The number of hydrogen-bond acceptors (Lipinski definition) is 6. The summed E-state index contributed by atoms with van der Waals surface area (Å²) in [4.78, 5) is 41.2. The molecule has 0 bridgehead atoms. The lowest BCUT2D eigenvalue weighted by molar-refractivity contribution is 0.0527. The molecule has 2 aliphatic rings. The Bertz CT molecular complexity index is 1050. The molecule has 1 aliphatic heterocycles. The van der Waals surface area contributed by atoms with E-state index in [2.05, 4.69) is 26.1 Å². The van der Waals surface area contributed by atoms with Crippen molar-refractivity contribution in [1.29, 1.82) is 0 Å². The molecule has 0 unspecified atom stereocenters. The summed E-state index contributed by atoms with van der Waals surface area (Å²) in [5.74, 6) is -0.988. The van der Waals surface area contributed by atoms with Crippen LogP contribution in [0.15, 0.2) is 16.6 Å². The number of Topliss-reactive ketones (excluding diaryl/α,β-unsaturated/α-hetero) is 2. The van der Waals surface area contributed by atoms with Crippen LogP contribution >= 0.6 is 15.9 Å². The van der Waals surface area contributed by atoms with Crippen molar-refractivity contribution in [2.75, 3.05) is 37.7 Å². The number of aryl methyl sites for hydroxylation is 1. The van der Waals surface area contributed by atoms with Crippen LogP contribution in [-0.2, 0) is 11.8 Å². The van der Waals surface area contributed by atoms with E-state index in [0.717, 1.165) is 17.6 Å². The molecule has 0 atom stereocenters. The largest absolute Gasteiger partial charge is 0.462 e. The summed E-state index contributed by atoms with van der Waals surface area (Å²) in [7, 11) is 1.74. The van der Waals surface area contributed by atoms with E-state index in [1.54, 1.807) is 37.6 Å². The van der Waals surface area contributed by atoms with Gasteiger partial charge in [0.2, 0.25) is 5.78 Å². The number of piperazine rings is 1. The van der Waals surface area contributed by atoms with Crippen molar-refractivity contribution in [1.82, 2.24) is 9.88 Å². The van der Waals surface area contributed by atoms with E-state index in [9.17, 15) is 14.4 Å². The highest BCUT2D eigenvalue weighted by Crippen LogP contribution is 2.44. The number of hydrogen-bond donors (Lipinski definition) is 1. The Morgan fingerprint density at radius 1 is 1.17 bits per heavy atom. The quantitative estimate of drug-likeness (QED) is 0.561. The molecule has 8 heteroatoms. The number of nitrogens with zero attached hydrogens (tertiary/aromatic N) is 2. The van der Waals surface area contributed by atoms with E-state index in [0.29, 0.717) is 46.7 Å². The summed E-state index contributed by atoms with van der Waals surface area (Å²) < 4.78 is 7.84. The molecule has 1 aromatic carbocycles. The average Bonchev–Trinajstić information content (AvgIpc) is 3.00. The Morgan fingerprint density at radius 3 is 2.52 bits per heavy atom. The number of aromatic nitrogens is 1. The molecule has 2 heterocycles. The second kappa shape index (κ2) is 7.42. The highest BCUT2D eigenvalue weighted by Gasteiger charge is 2.41. The van der Waals surface area contributed by atoms with Gasteiger partial charge in [-0.15, -0.1) is 0 Å². The monoisotopic (exact) mass is 459 g/mol. The Labute approximate surface area is 177 Å². The van der Waals surface area contributed by atoms with E-state index >= 15 is 0 Å². The summed E-state index contributed by atoms with van der Waals surface area (Å²) in [5, 5.41) is 3.29. The van der Waals surface area contributed by atoms with Crippen molar-refractivity contribution in [3.63, 3.8) is 0 Å². The van der Waals surface area contributed by atoms with Crippen LogP contribution in [0, 0.1) is 6.92 Å². The number of halogens is 1. The molecule has 1 aliphatic carbocycles. The van der Waals surface area contributed by atoms with E-state index < -0.39 is 17.5 Å². The smallest absolute Gasteiger partial charge is 0.342 e. The van der Waals surface area contributed by atoms with E-state index in [4.69, 9.17) is 4.74 Å². The predicted octanol–water partition coefficient (Wildman–Crippen LogP) is 2.73. The van der Waals surface area contributed by atoms with E-state index in [1.165, 1.54) is 0 Å². The third-order valence-electron chi connectivity index (χ3n) is 5.48. The number of carbonyl (C=O) groups excluding carboxylic acids is 3. The standard InChI is InChI=1S/C21H22BrN3O4/c1-4-29-21(28)16-15-13-10-12(22)9-11(2)14(13)18(26)19(27)17(15)24(3)20(16)25-7-5-23-6-8-25/h9-10,23H,4-8H2,1-3H3. The fourth-order valence-electron chi connectivity index (χ4n) is 4.31. The van der Waals surface area contributed by atoms with Gasteiger partial charge in [0.1, 0.15) is 17.1 Å². The molecule has 0 radical (unpaired) electrons. The fraction of sp³-hybridized carbons (Fsp3) is 0.381. The molecule has 2 aromatic rings. The highest BCUT2D eigenvalue weighted by molar-refractivity contribution is 9.10. The Kier molecular flexibility index (Phi) is 5.08.